The molecular weight excluding hydrogens is 312 g/mol. The lowest BCUT2D eigenvalue weighted by molar-refractivity contribution is 0.401. The van der Waals surface area contributed by atoms with Gasteiger partial charge in [-0.15, -0.1) is 11.3 Å². The number of pyridine rings is 1. The highest BCUT2D eigenvalue weighted by molar-refractivity contribution is 9.10. The van der Waals surface area contributed by atoms with Gasteiger partial charge in [-0.05, 0) is 40.7 Å². The second-order valence-corrected chi connectivity index (χ2v) is 5.61. The summed E-state index contributed by atoms with van der Waals surface area (Å²) < 4.78 is 6.49. The maximum absolute atomic E-state index is 5.39. The van der Waals surface area contributed by atoms with Crippen LogP contribution in [-0.4, -0.2) is 18.6 Å². The first-order valence-corrected chi connectivity index (χ1v) is 7.39. The van der Waals surface area contributed by atoms with E-state index >= 15 is 0 Å². The maximum atomic E-state index is 5.39. The molecule has 0 saturated carbocycles. The van der Waals surface area contributed by atoms with Gasteiger partial charge in [0.25, 0.3) is 0 Å². The van der Waals surface area contributed by atoms with Crippen LogP contribution in [-0.2, 0) is 0 Å². The molecular formula is C13H15BrN2OS. The van der Waals surface area contributed by atoms with Crippen LogP contribution in [0.2, 0.25) is 0 Å². The van der Waals surface area contributed by atoms with E-state index < -0.39 is 0 Å². The Labute approximate surface area is 119 Å². The van der Waals surface area contributed by atoms with E-state index in [1.54, 1.807) is 24.6 Å². The summed E-state index contributed by atoms with van der Waals surface area (Å²) in [6.07, 6.45) is 1.80. The Morgan fingerprint density at radius 1 is 1.56 bits per heavy atom. The van der Waals surface area contributed by atoms with E-state index in [9.17, 15) is 0 Å². The van der Waals surface area contributed by atoms with Gasteiger partial charge in [-0.3, -0.25) is 4.98 Å². The van der Waals surface area contributed by atoms with Crippen molar-refractivity contribution in [2.45, 2.75) is 13.0 Å². The van der Waals surface area contributed by atoms with E-state index in [2.05, 4.69) is 44.6 Å². The van der Waals surface area contributed by atoms with Gasteiger partial charge in [0, 0.05) is 20.9 Å². The lowest BCUT2D eigenvalue weighted by atomic mass is 10.1. The fourth-order valence-electron chi connectivity index (χ4n) is 1.81. The first kappa shape index (κ1) is 13.5. The number of ether oxygens (including phenoxy) is 1. The van der Waals surface area contributed by atoms with Gasteiger partial charge >= 0.3 is 0 Å². The molecule has 0 saturated heterocycles. The molecule has 2 rings (SSSR count). The third kappa shape index (κ3) is 2.91. The summed E-state index contributed by atoms with van der Waals surface area (Å²) in [5.41, 5.74) is 0.927. The zero-order valence-corrected chi connectivity index (χ0v) is 12.7. The monoisotopic (exact) mass is 326 g/mol. The number of nitrogens with zero attached hydrogens (tertiary/aromatic N) is 1. The Hall–Kier alpha value is -0.910. The molecule has 3 nitrogen and oxygen atoms in total. The zero-order chi connectivity index (χ0) is 13.0. The van der Waals surface area contributed by atoms with Crippen molar-refractivity contribution in [2.75, 3.05) is 13.7 Å². The van der Waals surface area contributed by atoms with Crippen molar-refractivity contribution in [3.8, 4) is 5.75 Å². The minimum Gasteiger partial charge on any atom is -0.495 e. The molecule has 1 atom stereocenters. The molecule has 1 N–H and O–H groups in total. The molecule has 2 heterocycles. The first-order chi connectivity index (χ1) is 8.76. The average molecular weight is 327 g/mol. The van der Waals surface area contributed by atoms with E-state index in [4.69, 9.17) is 4.74 Å². The number of hydrogen-bond donors (Lipinski definition) is 1. The van der Waals surface area contributed by atoms with Gasteiger partial charge in [0.1, 0.15) is 11.4 Å². The fourth-order valence-corrected chi connectivity index (χ4v) is 3.33. The molecule has 0 bridgehead atoms. The Morgan fingerprint density at radius 3 is 3.00 bits per heavy atom. The lowest BCUT2D eigenvalue weighted by Crippen LogP contribution is -2.22. The van der Waals surface area contributed by atoms with Gasteiger partial charge in [0.2, 0.25) is 0 Å². The van der Waals surface area contributed by atoms with Crippen molar-refractivity contribution in [3.05, 3.63) is 44.8 Å². The molecule has 0 aliphatic rings. The predicted molar refractivity (Wildman–Crippen MR) is 78.3 cm³/mol. The van der Waals surface area contributed by atoms with E-state index in [1.165, 1.54) is 4.88 Å². The van der Waals surface area contributed by atoms with Crippen LogP contribution in [0.4, 0.5) is 0 Å². The van der Waals surface area contributed by atoms with Crippen LogP contribution in [0.1, 0.15) is 23.5 Å². The van der Waals surface area contributed by atoms with E-state index in [0.717, 1.165) is 22.5 Å². The smallest absolute Gasteiger partial charge is 0.142 e. The second-order valence-electron chi connectivity index (χ2n) is 3.75. The molecule has 0 aromatic carbocycles. The number of hydrogen-bond acceptors (Lipinski definition) is 4. The van der Waals surface area contributed by atoms with Gasteiger partial charge < -0.3 is 10.1 Å². The average Bonchev–Trinajstić information content (AvgIpc) is 2.82. The molecule has 0 amide bonds. The van der Waals surface area contributed by atoms with Crippen LogP contribution in [0.25, 0.3) is 0 Å². The number of nitrogens with one attached hydrogen (secondary N) is 1. The van der Waals surface area contributed by atoms with Gasteiger partial charge in [-0.1, -0.05) is 6.92 Å². The summed E-state index contributed by atoms with van der Waals surface area (Å²) in [6, 6.07) is 6.01. The molecule has 0 aliphatic carbocycles. The second kappa shape index (κ2) is 6.31. The topological polar surface area (TPSA) is 34.2 Å². The molecule has 0 spiro atoms. The fraction of sp³-hybridized carbons (Fsp3) is 0.308. The van der Waals surface area contributed by atoms with Gasteiger partial charge in [-0.2, -0.15) is 0 Å². The van der Waals surface area contributed by atoms with Crippen molar-refractivity contribution >= 4 is 27.3 Å². The number of aromatic nitrogens is 1. The van der Waals surface area contributed by atoms with Crippen molar-refractivity contribution in [1.29, 1.82) is 0 Å². The quantitative estimate of drug-likeness (QED) is 0.911. The number of thiophene rings is 1. The van der Waals surface area contributed by atoms with Gasteiger partial charge in [-0.25, -0.2) is 0 Å². The Morgan fingerprint density at radius 2 is 2.39 bits per heavy atom. The third-order valence-corrected chi connectivity index (χ3v) is 4.33. The first-order valence-electron chi connectivity index (χ1n) is 5.72. The highest BCUT2D eigenvalue weighted by Gasteiger charge is 2.20. The molecule has 0 radical (unpaired) electrons. The summed E-state index contributed by atoms with van der Waals surface area (Å²) in [5.74, 6) is 0.813. The molecule has 0 fully saturated rings. The normalized spacial score (nSPS) is 12.4. The highest BCUT2D eigenvalue weighted by Crippen LogP contribution is 2.33. The largest absolute Gasteiger partial charge is 0.495 e. The zero-order valence-electron chi connectivity index (χ0n) is 10.3. The van der Waals surface area contributed by atoms with E-state index in [1.807, 2.05) is 12.1 Å². The highest BCUT2D eigenvalue weighted by atomic mass is 79.9. The van der Waals surface area contributed by atoms with Crippen molar-refractivity contribution in [1.82, 2.24) is 10.3 Å². The van der Waals surface area contributed by atoms with Crippen LogP contribution in [0, 0.1) is 0 Å². The Bertz CT molecular complexity index is 515. The van der Waals surface area contributed by atoms with Crippen LogP contribution >= 0.6 is 27.3 Å². The summed E-state index contributed by atoms with van der Waals surface area (Å²) >= 11 is 5.20. The maximum Gasteiger partial charge on any atom is 0.142 e. The van der Waals surface area contributed by atoms with Crippen LogP contribution < -0.4 is 10.1 Å². The number of rotatable bonds is 5. The molecule has 1 unspecified atom stereocenters. The van der Waals surface area contributed by atoms with Crippen molar-refractivity contribution in [3.63, 3.8) is 0 Å². The summed E-state index contributed by atoms with van der Waals surface area (Å²) in [6.45, 7) is 2.96. The van der Waals surface area contributed by atoms with Crippen LogP contribution in [0.5, 0.6) is 5.75 Å². The molecule has 2 aromatic heterocycles. The minimum atomic E-state index is 0.0717. The SMILES string of the molecule is CCNC(c1cc(Br)cs1)c1ncccc1OC. The molecule has 5 heteroatoms. The van der Waals surface area contributed by atoms with E-state index in [-0.39, 0.29) is 6.04 Å². The van der Waals surface area contributed by atoms with Gasteiger partial charge in [0.05, 0.1) is 13.2 Å². The Balaban J connectivity index is 2.41. The van der Waals surface area contributed by atoms with Crippen LogP contribution in [0.15, 0.2) is 34.2 Å². The summed E-state index contributed by atoms with van der Waals surface area (Å²) in [7, 11) is 1.67. The minimum absolute atomic E-state index is 0.0717. The number of methoxy groups -OCH3 is 1. The third-order valence-electron chi connectivity index (χ3n) is 2.57. The molecule has 96 valence electrons. The van der Waals surface area contributed by atoms with Gasteiger partial charge in [0.15, 0.2) is 0 Å². The predicted octanol–water partition coefficient (Wildman–Crippen LogP) is 3.61. The lowest BCUT2D eigenvalue weighted by Gasteiger charge is -2.18. The van der Waals surface area contributed by atoms with Crippen molar-refractivity contribution < 1.29 is 4.74 Å². The standard InChI is InChI=1S/C13H15BrN2OS/c1-3-15-13(11-7-9(14)8-18-11)12-10(17-2)5-4-6-16-12/h4-8,13,15H,3H2,1-2H3. The van der Waals surface area contributed by atoms with E-state index in [0.29, 0.717) is 0 Å². The molecule has 2 aromatic rings. The molecule has 18 heavy (non-hydrogen) atoms. The summed E-state index contributed by atoms with van der Waals surface area (Å²) in [5, 5.41) is 5.53. The summed E-state index contributed by atoms with van der Waals surface area (Å²) in [4.78, 5) is 5.68. The number of halogens is 1. The Kier molecular flexibility index (Phi) is 4.74. The molecule has 0 aliphatic heterocycles. The van der Waals surface area contributed by atoms with Crippen molar-refractivity contribution in [2.24, 2.45) is 0 Å². The van der Waals surface area contributed by atoms with Crippen LogP contribution in [0.3, 0.4) is 0 Å².